The zero-order valence-electron chi connectivity index (χ0n) is 14.5. The number of hydrogen-bond acceptors (Lipinski definition) is 8. The molecule has 3 bridgehead atoms. The molecule has 4 aliphatic rings. The average Bonchev–Trinajstić information content (AvgIpc) is 2.68. The maximum Gasteiger partial charge on any atom is 0.342 e. The second-order valence-electron chi connectivity index (χ2n) is 7.86. The Morgan fingerprint density at radius 3 is 2.65 bits per heavy atom. The Morgan fingerprint density at radius 1 is 1.23 bits per heavy atom. The molecular weight excluding hydrogens is 344 g/mol. The van der Waals surface area contributed by atoms with E-state index < -0.39 is 40.4 Å². The quantitative estimate of drug-likeness (QED) is 0.705. The van der Waals surface area contributed by atoms with Crippen molar-refractivity contribution in [3.05, 3.63) is 23.3 Å². The number of carbonyl (C=O) groups is 2. The maximum atomic E-state index is 12.7. The van der Waals surface area contributed by atoms with E-state index in [0.29, 0.717) is 11.3 Å². The summed E-state index contributed by atoms with van der Waals surface area (Å²) in [4.78, 5) is 25.3. The van der Waals surface area contributed by atoms with Gasteiger partial charge in [0.2, 0.25) is 0 Å². The molecule has 1 unspecified atom stereocenters. The number of phenolic OH excluding ortho intramolecular Hbond substituents is 1. The fourth-order valence-corrected chi connectivity index (χ4v) is 5.27. The Labute approximate surface area is 148 Å². The van der Waals surface area contributed by atoms with Crippen LogP contribution >= 0.6 is 0 Å². The van der Waals surface area contributed by atoms with Gasteiger partial charge in [0, 0.05) is 24.5 Å². The molecule has 3 aliphatic heterocycles. The van der Waals surface area contributed by atoms with Gasteiger partial charge in [-0.1, -0.05) is 0 Å². The number of benzene rings is 1. The normalized spacial score (nSPS) is 45.2. The monoisotopic (exact) mass is 362 g/mol. The number of carbonyl (C=O) groups excluding carboxylic acids is 2. The van der Waals surface area contributed by atoms with Gasteiger partial charge in [0.05, 0.1) is 7.11 Å². The first-order valence-electron chi connectivity index (χ1n) is 8.37. The van der Waals surface area contributed by atoms with Crippen LogP contribution in [-0.4, -0.2) is 52.2 Å². The molecule has 138 valence electrons. The molecule has 1 aromatic rings. The number of aromatic hydroxyl groups is 1. The van der Waals surface area contributed by atoms with Crippen LogP contribution in [0.3, 0.4) is 0 Å². The summed E-state index contributed by atoms with van der Waals surface area (Å²) in [5.74, 6) is -2.52. The molecule has 0 aromatic heterocycles. The van der Waals surface area contributed by atoms with Crippen molar-refractivity contribution in [2.24, 2.45) is 0 Å². The third-order valence-electron chi connectivity index (χ3n) is 6.13. The van der Waals surface area contributed by atoms with Crippen LogP contribution in [0.2, 0.25) is 0 Å². The highest BCUT2D eigenvalue weighted by atomic mass is 16.8. The van der Waals surface area contributed by atoms with E-state index in [2.05, 4.69) is 0 Å². The van der Waals surface area contributed by atoms with E-state index in [1.807, 2.05) is 0 Å². The van der Waals surface area contributed by atoms with E-state index in [1.165, 1.54) is 13.2 Å². The summed E-state index contributed by atoms with van der Waals surface area (Å²) < 4.78 is 23.1. The molecule has 5 atom stereocenters. The van der Waals surface area contributed by atoms with Crippen molar-refractivity contribution in [3.63, 3.8) is 0 Å². The van der Waals surface area contributed by atoms with Gasteiger partial charge in [0.15, 0.2) is 28.9 Å². The number of fused-ring (bicyclic) bond motifs is 2. The summed E-state index contributed by atoms with van der Waals surface area (Å²) >= 11 is 0. The van der Waals surface area contributed by atoms with Crippen LogP contribution < -0.4 is 4.74 Å². The Kier molecular flexibility index (Phi) is 2.60. The fraction of sp³-hybridized carbons (Fsp3) is 0.556. The molecule has 1 aromatic carbocycles. The summed E-state index contributed by atoms with van der Waals surface area (Å²) in [7, 11) is 1.43. The molecule has 8 nitrogen and oxygen atoms in total. The standard InChI is InChI=1S/C18H18O8/c1-15-6-11(20)17(22)7-16(2,25-15)26-18(15)9-4-8(23-3)5-10(19)12(9)13(21)24-14(17)18/h4-5,14,19,22H,6-7H2,1-3H3/t14-,15?,16-,17-,18+/m0/s1. The first-order valence-corrected chi connectivity index (χ1v) is 8.37. The van der Waals surface area contributed by atoms with Gasteiger partial charge in [0.25, 0.3) is 0 Å². The Balaban J connectivity index is 1.89. The number of hydrogen-bond donors (Lipinski definition) is 2. The number of esters is 1. The highest BCUT2D eigenvalue weighted by Crippen LogP contribution is 2.68. The van der Waals surface area contributed by atoms with Gasteiger partial charge >= 0.3 is 5.97 Å². The van der Waals surface area contributed by atoms with Crippen LogP contribution in [0.4, 0.5) is 0 Å². The predicted octanol–water partition coefficient (Wildman–Crippen LogP) is 0.764. The van der Waals surface area contributed by atoms with E-state index in [0.717, 1.165) is 0 Å². The van der Waals surface area contributed by atoms with Gasteiger partial charge in [-0.15, -0.1) is 0 Å². The first kappa shape index (κ1) is 16.0. The summed E-state index contributed by atoms with van der Waals surface area (Å²) in [6.45, 7) is 3.35. The fourth-order valence-electron chi connectivity index (χ4n) is 5.27. The summed E-state index contributed by atoms with van der Waals surface area (Å²) in [6, 6.07) is 2.87. The van der Waals surface area contributed by atoms with Crippen molar-refractivity contribution in [3.8, 4) is 11.5 Å². The SMILES string of the molecule is COc1cc(O)c2c(c1)[C@]13O[C@@]4(C)C[C@](O)(C(=O)CC1(C)O4)[C@@H]3OC2=O. The van der Waals surface area contributed by atoms with Crippen molar-refractivity contribution < 1.29 is 38.7 Å². The number of ether oxygens (including phenoxy) is 4. The lowest BCUT2D eigenvalue weighted by atomic mass is 9.58. The Morgan fingerprint density at radius 2 is 1.96 bits per heavy atom. The minimum Gasteiger partial charge on any atom is -0.507 e. The van der Waals surface area contributed by atoms with Crippen LogP contribution in [0, 0.1) is 0 Å². The van der Waals surface area contributed by atoms with Crippen molar-refractivity contribution in [1.29, 1.82) is 0 Å². The summed E-state index contributed by atoms with van der Waals surface area (Å²) in [5.41, 5.74) is -4.31. The summed E-state index contributed by atoms with van der Waals surface area (Å²) in [5, 5.41) is 21.6. The second-order valence-corrected chi connectivity index (χ2v) is 7.86. The van der Waals surface area contributed by atoms with E-state index in [9.17, 15) is 19.8 Å². The smallest absolute Gasteiger partial charge is 0.342 e. The minimum absolute atomic E-state index is 0.0697. The van der Waals surface area contributed by atoms with Crippen molar-refractivity contribution in [2.75, 3.05) is 7.11 Å². The molecule has 1 aliphatic carbocycles. The van der Waals surface area contributed by atoms with Crippen molar-refractivity contribution in [1.82, 2.24) is 0 Å². The van der Waals surface area contributed by atoms with E-state index >= 15 is 0 Å². The number of ketones is 1. The molecule has 8 heteroatoms. The molecular formula is C18H18O8. The van der Waals surface area contributed by atoms with Crippen LogP contribution in [0.1, 0.15) is 42.6 Å². The van der Waals surface area contributed by atoms with Gasteiger partial charge in [-0.3, -0.25) is 4.79 Å². The highest BCUT2D eigenvalue weighted by molar-refractivity contribution is 5.99. The van der Waals surface area contributed by atoms with E-state index in [-0.39, 0.29) is 24.2 Å². The average molecular weight is 362 g/mol. The van der Waals surface area contributed by atoms with Crippen LogP contribution in [0.15, 0.2) is 12.1 Å². The number of rotatable bonds is 1. The Hall–Kier alpha value is -2.16. The van der Waals surface area contributed by atoms with Crippen LogP contribution in [0.5, 0.6) is 11.5 Å². The first-order chi connectivity index (χ1) is 12.1. The maximum absolute atomic E-state index is 12.7. The number of methoxy groups -OCH3 is 1. The Bertz CT molecular complexity index is 895. The van der Waals surface area contributed by atoms with Gasteiger partial charge in [0.1, 0.15) is 22.7 Å². The largest absolute Gasteiger partial charge is 0.507 e. The molecule has 3 fully saturated rings. The molecule has 26 heavy (non-hydrogen) atoms. The predicted molar refractivity (Wildman–Crippen MR) is 83.7 cm³/mol. The lowest BCUT2D eigenvalue weighted by molar-refractivity contribution is -0.293. The zero-order chi connectivity index (χ0) is 18.7. The molecule has 2 saturated heterocycles. The van der Waals surface area contributed by atoms with Gasteiger partial charge in [-0.25, -0.2) is 4.79 Å². The molecule has 1 saturated carbocycles. The lowest BCUT2D eigenvalue weighted by Gasteiger charge is -2.57. The van der Waals surface area contributed by atoms with Crippen molar-refractivity contribution >= 4 is 11.8 Å². The number of aliphatic hydroxyl groups is 1. The van der Waals surface area contributed by atoms with E-state index in [4.69, 9.17) is 18.9 Å². The topological polar surface area (TPSA) is 112 Å². The van der Waals surface area contributed by atoms with E-state index in [1.54, 1.807) is 19.9 Å². The molecule has 0 amide bonds. The van der Waals surface area contributed by atoms with Gasteiger partial charge < -0.3 is 29.2 Å². The second kappa shape index (κ2) is 4.21. The number of Topliss-reactive ketones (excluding diaryl/α,β-unsaturated/α-hetero) is 1. The van der Waals surface area contributed by atoms with Crippen LogP contribution in [0.25, 0.3) is 0 Å². The molecule has 0 radical (unpaired) electrons. The molecule has 3 heterocycles. The molecule has 2 N–H and O–H groups in total. The third kappa shape index (κ3) is 1.49. The van der Waals surface area contributed by atoms with Gasteiger partial charge in [-0.05, 0) is 19.9 Å². The molecule has 1 spiro atoms. The minimum atomic E-state index is -1.92. The summed E-state index contributed by atoms with van der Waals surface area (Å²) in [6.07, 6.45) is -1.52. The lowest BCUT2D eigenvalue weighted by Crippen LogP contribution is -2.75. The van der Waals surface area contributed by atoms with Crippen molar-refractivity contribution in [2.45, 2.75) is 55.4 Å². The zero-order valence-corrected chi connectivity index (χ0v) is 14.5. The van der Waals surface area contributed by atoms with Gasteiger partial charge in [-0.2, -0.15) is 0 Å². The number of phenols is 1. The highest BCUT2D eigenvalue weighted by Gasteiger charge is 2.83. The molecule has 5 rings (SSSR count). The van der Waals surface area contributed by atoms with Crippen LogP contribution in [-0.2, 0) is 24.6 Å². The third-order valence-corrected chi connectivity index (χ3v) is 6.13.